The number of methoxy groups -OCH3 is 1. The van der Waals surface area contributed by atoms with E-state index in [1.54, 1.807) is 0 Å². The van der Waals surface area contributed by atoms with Gasteiger partial charge in [0, 0.05) is 19.0 Å². The van der Waals surface area contributed by atoms with Crippen molar-refractivity contribution in [2.24, 2.45) is 11.7 Å². The largest absolute Gasteiger partial charge is 0.465 e. The fourth-order valence-corrected chi connectivity index (χ4v) is 5.02. The number of hydrogen-bond acceptors (Lipinski definition) is 5. The van der Waals surface area contributed by atoms with E-state index in [0.29, 0.717) is 6.54 Å². The molecule has 0 spiro atoms. The van der Waals surface area contributed by atoms with E-state index >= 15 is 0 Å². The van der Waals surface area contributed by atoms with Crippen LogP contribution >= 0.6 is 0 Å². The first-order chi connectivity index (χ1) is 12.9. The van der Waals surface area contributed by atoms with E-state index in [1.807, 2.05) is 30.3 Å². The van der Waals surface area contributed by atoms with Gasteiger partial charge < -0.3 is 10.5 Å². The number of carbonyl (C=O) groups is 1. The molecule has 1 saturated heterocycles. The summed E-state index contributed by atoms with van der Waals surface area (Å²) < 4.78 is 45.9. The number of esters is 1. The second-order valence-corrected chi connectivity index (χ2v) is 8.44. The number of nitrogens with two attached hydrogens (primary N) is 1. The maximum atomic E-state index is 13.9. The number of sulfonamides is 1. The van der Waals surface area contributed by atoms with Gasteiger partial charge in [0.25, 0.3) is 0 Å². The Morgan fingerprint density at radius 2 is 1.93 bits per heavy atom. The lowest BCUT2D eigenvalue weighted by Gasteiger charge is -2.17. The zero-order valence-corrected chi connectivity index (χ0v) is 15.7. The van der Waals surface area contributed by atoms with Crippen molar-refractivity contribution in [2.75, 3.05) is 26.7 Å². The molecule has 0 aliphatic carbocycles. The van der Waals surface area contributed by atoms with Crippen molar-refractivity contribution in [3.05, 3.63) is 65.5 Å². The van der Waals surface area contributed by atoms with Crippen LogP contribution in [0.2, 0.25) is 0 Å². The van der Waals surface area contributed by atoms with Gasteiger partial charge in [0.05, 0.1) is 17.6 Å². The maximum absolute atomic E-state index is 13.9. The van der Waals surface area contributed by atoms with Crippen LogP contribution in [0.25, 0.3) is 0 Å². The highest BCUT2D eigenvalue weighted by atomic mass is 32.2. The molecule has 3 rings (SSSR count). The molecule has 1 fully saturated rings. The predicted octanol–water partition coefficient (Wildman–Crippen LogP) is 1.98. The SMILES string of the molecule is COC(=O)c1cc(F)cc(S(=O)(=O)N2C[C@@H](CN)[C@H](c3ccccc3)C2)c1. The number of carbonyl (C=O) groups excluding carboxylic acids is 1. The normalized spacial score (nSPS) is 20.6. The van der Waals surface area contributed by atoms with Crippen molar-refractivity contribution in [2.45, 2.75) is 10.8 Å². The molecule has 2 N–H and O–H groups in total. The molecule has 0 aromatic heterocycles. The summed E-state index contributed by atoms with van der Waals surface area (Å²) in [5, 5.41) is 0. The zero-order chi connectivity index (χ0) is 19.6. The second-order valence-electron chi connectivity index (χ2n) is 6.50. The lowest BCUT2D eigenvalue weighted by atomic mass is 9.89. The fourth-order valence-electron chi connectivity index (χ4n) is 3.44. The van der Waals surface area contributed by atoms with Gasteiger partial charge in [-0.15, -0.1) is 0 Å². The van der Waals surface area contributed by atoms with Gasteiger partial charge in [0.2, 0.25) is 10.0 Å². The molecule has 2 aromatic carbocycles. The molecular formula is C19H21FN2O4S. The Morgan fingerprint density at radius 3 is 2.56 bits per heavy atom. The van der Waals surface area contributed by atoms with E-state index < -0.39 is 21.8 Å². The Balaban J connectivity index is 1.94. The molecule has 0 bridgehead atoms. The minimum Gasteiger partial charge on any atom is -0.465 e. The summed E-state index contributed by atoms with van der Waals surface area (Å²) in [5.74, 6) is -1.70. The predicted molar refractivity (Wildman–Crippen MR) is 98.2 cm³/mol. The topological polar surface area (TPSA) is 89.7 Å². The molecule has 6 nitrogen and oxygen atoms in total. The van der Waals surface area contributed by atoms with Gasteiger partial charge in [-0.1, -0.05) is 30.3 Å². The van der Waals surface area contributed by atoms with E-state index in [1.165, 1.54) is 4.31 Å². The van der Waals surface area contributed by atoms with Crippen LogP contribution in [0.4, 0.5) is 4.39 Å². The Labute approximate surface area is 157 Å². The molecule has 1 aliphatic rings. The van der Waals surface area contributed by atoms with Crippen molar-refractivity contribution in [3.63, 3.8) is 0 Å². The number of rotatable bonds is 5. The smallest absolute Gasteiger partial charge is 0.337 e. The minimum absolute atomic E-state index is 0.0420. The van der Waals surface area contributed by atoms with Gasteiger partial charge >= 0.3 is 5.97 Å². The Hall–Kier alpha value is -2.29. The Kier molecular flexibility index (Phi) is 5.59. The summed E-state index contributed by atoms with van der Waals surface area (Å²) in [6.45, 7) is 0.822. The van der Waals surface area contributed by atoms with Crippen LogP contribution in [0.1, 0.15) is 21.8 Å². The Morgan fingerprint density at radius 1 is 1.22 bits per heavy atom. The highest BCUT2D eigenvalue weighted by Crippen LogP contribution is 2.35. The molecular weight excluding hydrogens is 371 g/mol. The van der Waals surface area contributed by atoms with E-state index in [2.05, 4.69) is 4.74 Å². The maximum Gasteiger partial charge on any atom is 0.337 e. The summed E-state index contributed by atoms with van der Waals surface area (Å²) in [7, 11) is -2.83. The molecule has 2 aromatic rings. The van der Waals surface area contributed by atoms with Crippen LogP contribution in [-0.2, 0) is 14.8 Å². The fraction of sp³-hybridized carbons (Fsp3) is 0.316. The first kappa shape index (κ1) is 19.5. The van der Waals surface area contributed by atoms with E-state index in [4.69, 9.17) is 5.73 Å². The average molecular weight is 392 g/mol. The van der Waals surface area contributed by atoms with Gasteiger partial charge in [-0.05, 0) is 36.2 Å². The van der Waals surface area contributed by atoms with Crippen LogP contribution in [0.3, 0.4) is 0 Å². The summed E-state index contributed by atoms with van der Waals surface area (Å²) in [5.41, 5.74) is 6.74. The lowest BCUT2D eigenvalue weighted by Crippen LogP contribution is -2.30. The molecule has 0 saturated carbocycles. The van der Waals surface area contributed by atoms with Gasteiger partial charge in [-0.3, -0.25) is 0 Å². The molecule has 0 unspecified atom stereocenters. The number of benzene rings is 2. The minimum atomic E-state index is -3.98. The lowest BCUT2D eigenvalue weighted by molar-refractivity contribution is 0.0600. The second kappa shape index (κ2) is 7.75. The molecule has 1 heterocycles. The van der Waals surface area contributed by atoms with Gasteiger partial charge in [-0.2, -0.15) is 4.31 Å². The number of halogens is 1. The third kappa shape index (κ3) is 3.87. The zero-order valence-electron chi connectivity index (χ0n) is 14.8. The molecule has 144 valence electrons. The third-order valence-electron chi connectivity index (χ3n) is 4.87. The summed E-state index contributed by atoms with van der Waals surface area (Å²) in [4.78, 5) is 11.4. The van der Waals surface area contributed by atoms with E-state index in [9.17, 15) is 17.6 Å². The summed E-state index contributed by atoms with van der Waals surface area (Å²) in [6.07, 6.45) is 0. The van der Waals surface area contributed by atoms with E-state index in [0.717, 1.165) is 30.9 Å². The number of nitrogens with zero attached hydrogens (tertiary/aromatic N) is 1. The summed E-state index contributed by atoms with van der Waals surface area (Å²) in [6, 6.07) is 12.6. The summed E-state index contributed by atoms with van der Waals surface area (Å²) >= 11 is 0. The number of hydrogen-bond donors (Lipinski definition) is 1. The van der Waals surface area contributed by atoms with Crippen LogP contribution in [0, 0.1) is 11.7 Å². The average Bonchev–Trinajstić information content (AvgIpc) is 3.13. The van der Waals surface area contributed by atoms with E-state index in [-0.39, 0.29) is 35.4 Å². The van der Waals surface area contributed by atoms with Crippen molar-refractivity contribution in [3.8, 4) is 0 Å². The molecule has 27 heavy (non-hydrogen) atoms. The van der Waals surface area contributed by atoms with Crippen molar-refractivity contribution < 1.29 is 22.3 Å². The van der Waals surface area contributed by atoms with Crippen molar-refractivity contribution >= 4 is 16.0 Å². The molecule has 8 heteroatoms. The van der Waals surface area contributed by atoms with Crippen LogP contribution in [0.5, 0.6) is 0 Å². The Bertz CT molecular complexity index is 934. The van der Waals surface area contributed by atoms with Crippen LogP contribution in [-0.4, -0.2) is 45.4 Å². The molecule has 1 aliphatic heterocycles. The first-order valence-corrected chi connectivity index (χ1v) is 9.95. The monoisotopic (exact) mass is 392 g/mol. The van der Waals surface area contributed by atoms with Crippen molar-refractivity contribution in [1.29, 1.82) is 0 Å². The number of ether oxygens (including phenoxy) is 1. The van der Waals surface area contributed by atoms with Crippen LogP contribution in [0.15, 0.2) is 53.4 Å². The quantitative estimate of drug-likeness (QED) is 0.786. The highest BCUT2D eigenvalue weighted by Gasteiger charge is 2.39. The van der Waals surface area contributed by atoms with Crippen LogP contribution < -0.4 is 5.73 Å². The highest BCUT2D eigenvalue weighted by molar-refractivity contribution is 7.89. The third-order valence-corrected chi connectivity index (χ3v) is 6.68. The van der Waals surface area contributed by atoms with Gasteiger partial charge in [-0.25, -0.2) is 17.6 Å². The first-order valence-electron chi connectivity index (χ1n) is 8.51. The molecule has 0 radical (unpaired) electrons. The standard InChI is InChI=1S/C19H21FN2O4S/c1-26-19(23)14-7-16(20)9-17(8-14)27(24,25)22-11-15(10-21)18(12-22)13-5-3-2-4-6-13/h2-9,15,18H,10-12,21H2,1H3/t15-,18+/m1/s1. The van der Waals surface area contributed by atoms with Crippen molar-refractivity contribution in [1.82, 2.24) is 4.31 Å². The van der Waals surface area contributed by atoms with Gasteiger partial charge in [0.15, 0.2) is 0 Å². The molecule has 2 atom stereocenters. The van der Waals surface area contributed by atoms with Gasteiger partial charge in [0.1, 0.15) is 5.82 Å². The molecule has 0 amide bonds.